The number of hydrogen-bond acceptors (Lipinski definition) is 6. The Labute approximate surface area is 192 Å². The van der Waals surface area contributed by atoms with Gasteiger partial charge in [0.15, 0.2) is 0 Å². The average molecular weight is 447 g/mol. The molecule has 2 saturated heterocycles. The summed E-state index contributed by atoms with van der Waals surface area (Å²) in [6.07, 6.45) is 4.86. The molecule has 8 nitrogen and oxygen atoms in total. The van der Waals surface area contributed by atoms with Crippen LogP contribution in [-0.2, 0) is 16.1 Å². The molecule has 8 heteroatoms. The summed E-state index contributed by atoms with van der Waals surface area (Å²) in [6, 6.07) is 16.5. The number of para-hydroxylation sites is 4. The van der Waals surface area contributed by atoms with Crippen LogP contribution in [0.1, 0.15) is 25.7 Å². The van der Waals surface area contributed by atoms with Crippen LogP contribution in [0.5, 0.6) is 0 Å². The maximum Gasteiger partial charge on any atom is 0.205 e. The lowest BCUT2D eigenvalue weighted by Crippen LogP contribution is -2.35. The molecule has 6 rings (SSSR count). The molecule has 2 aromatic carbocycles. The molecule has 2 aliphatic rings. The number of benzene rings is 2. The van der Waals surface area contributed by atoms with Gasteiger partial charge in [0, 0.05) is 26.3 Å². The van der Waals surface area contributed by atoms with E-state index in [-0.39, 0.29) is 12.2 Å². The molecule has 2 N–H and O–H groups in total. The van der Waals surface area contributed by atoms with E-state index < -0.39 is 0 Å². The number of imidazole rings is 2. The van der Waals surface area contributed by atoms with Gasteiger partial charge in [-0.3, -0.25) is 4.57 Å². The maximum atomic E-state index is 5.99. The Kier molecular flexibility index (Phi) is 5.61. The lowest BCUT2D eigenvalue weighted by molar-refractivity contribution is 0.114. The number of ether oxygens (including phenoxy) is 2. The molecule has 0 spiro atoms. The predicted octanol–water partition coefficient (Wildman–Crippen LogP) is 4.15. The van der Waals surface area contributed by atoms with Crippen molar-refractivity contribution < 1.29 is 9.47 Å². The van der Waals surface area contributed by atoms with Crippen molar-refractivity contribution in [2.45, 2.75) is 44.6 Å². The summed E-state index contributed by atoms with van der Waals surface area (Å²) in [5, 5.41) is 3.56. The molecule has 4 heterocycles. The summed E-state index contributed by atoms with van der Waals surface area (Å²) < 4.78 is 14.1. The molecular weight excluding hydrogens is 416 g/mol. The number of anilines is 2. The second-order valence-corrected chi connectivity index (χ2v) is 8.94. The fourth-order valence-corrected chi connectivity index (χ4v) is 4.87. The zero-order valence-corrected chi connectivity index (χ0v) is 18.7. The Bertz CT molecular complexity index is 1190. The number of aromatic amines is 1. The van der Waals surface area contributed by atoms with Crippen molar-refractivity contribution in [1.29, 1.82) is 0 Å². The van der Waals surface area contributed by atoms with Crippen LogP contribution in [0.3, 0.4) is 0 Å². The number of fused-ring (bicyclic) bond motifs is 2. The first-order valence-electron chi connectivity index (χ1n) is 12.0. The van der Waals surface area contributed by atoms with Gasteiger partial charge < -0.3 is 24.7 Å². The Morgan fingerprint density at radius 3 is 2.48 bits per heavy atom. The van der Waals surface area contributed by atoms with Crippen molar-refractivity contribution >= 4 is 34.0 Å². The third-order valence-electron chi connectivity index (χ3n) is 6.60. The summed E-state index contributed by atoms with van der Waals surface area (Å²) in [7, 11) is 0. The molecule has 2 aliphatic heterocycles. The second-order valence-electron chi connectivity index (χ2n) is 8.94. The zero-order chi connectivity index (χ0) is 22.0. The Hall–Kier alpha value is -3.10. The first-order chi connectivity index (χ1) is 16.3. The number of aromatic nitrogens is 4. The summed E-state index contributed by atoms with van der Waals surface area (Å²) in [4.78, 5) is 15.6. The van der Waals surface area contributed by atoms with Gasteiger partial charge in [-0.2, -0.15) is 0 Å². The molecule has 0 aliphatic carbocycles. The zero-order valence-electron chi connectivity index (χ0n) is 18.7. The van der Waals surface area contributed by atoms with Crippen LogP contribution in [0.2, 0.25) is 0 Å². The Balaban J connectivity index is 1.34. The third-order valence-corrected chi connectivity index (χ3v) is 6.60. The van der Waals surface area contributed by atoms with E-state index in [9.17, 15) is 0 Å². The standard InChI is InChI=1S/C25H30N6O2/c1-2-10-21-20(9-1)27-25(28-21)30(16-19-8-6-14-33-19)17-31-23-12-4-3-11-22(23)29-24(31)26-15-18-7-5-13-32-18/h1-4,9-12,18-19H,5-8,13-17H2,(H,26,29)(H,27,28)/t18-,19-/m1/s1. The SMILES string of the molecule is c1ccc2[nH]c(N(C[C@H]3CCCO3)Cn3c(NC[C@H]4CCCO4)nc4ccccc43)nc2c1. The summed E-state index contributed by atoms with van der Waals surface area (Å²) >= 11 is 0. The largest absolute Gasteiger partial charge is 0.376 e. The average Bonchev–Trinajstić information content (AvgIpc) is 3.64. The summed E-state index contributed by atoms with van der Waals surface area (Å²) in [6.45, 7) is 3.84. The van der Waals surface area contributed by atoms with E-state index in [1.165, 1.54) is 0 Å². The number of hydrogen-bond donors (Lipinski definition) is 2. The highest BCUT2D eigenvalue weighted by atomic mass is 16.5. The van der Waals surface area contributed by atoms with Crippen molar-refractivity contribution in [2.24, 2.45) is 0 Å². The van der Waals surface area contributed by atoms with Gasteiger partial charge >= 0.3 is 0 Å². The fraction of sp³-hybridized carbons (Fsp3) is 0.440. The predicted molar refractivity (Wildman–Crippen MR) is 130 cm³/mol. The molecule has 2 fully saturated rings. The van der Waals surface area contributed by atoms with Crippen LogP contribution in [0.25, 0.3) is 22.1 Å². The molecule has 0 amide bonds. The van der Waals surface area contributed by atoms with Gasteiger partial charge in [0.25, 0.3) is 0 Å². The molecule has 0 bridgehead atoms. The van der Waals surface area contributed by atoms with E-state index in [1.807, 2.05) is 24.3 Å². The van der Waals surface area contributed by atoms with Gasteiger partial charge in [0.1, 0.15) is 6.67 Å². The summed E-state index contributed by atoms with van der Waals surface area (Å²) in [5.41, 5.74) is 4.09. The van der Waals surface area contributed by atoms with Gasteiger partial charge in [0.05, 0.1) is 34.3 Å². The molecule has 33 heavy (non-hydrogen) atoms. The first kappa shape index (κ1) is 20.5. The van der Waals surface area contributed by atoms with Crippen LogP contribution >= 0.6 is 0 Å². The topological polar surface area (TPSA) is 80.2 Å². The molecule has 0 saturated carbocycles. The third kappa shape index (κ3) is 4.28. The van der Waals surface area contributed by atoms with E-state index in [1.54, 1.807) is 0 Å². The minimum Gasteiger partial charge on any atom is -0.376 e. The number of nitrogens with zero attached hydrogens (tertiary/aromatic N) is 4. The highest BCUT2D eigenvalue weighted by Gasteiger charge is 2.24. The van der Waals surface area contributed by atoms with Crippen molar-refractivity contribution in [3.05, 3.63) is 48.5 Å². The normalized spacial score (nSPS) is 20.7. The van der Waals surface area contributed by atoms with Crippen LogP contribution < -0.4 is 10.2 Å². The Morgan fingerprint density at radius 1 is 0.939 bits per heavy atom. The van der Waals surface area contributed by atoms with E-state index >= 15 is 0 Å². The minimum absolute atomic E-state index is 0.205. The molecule has 0 unspecified atom stereocenters. The molecule has 172 valence electrons. The van der Waals surface area contributed by atoms with Gasteiger partial charge in [-0.15, -0.1) is 0 Å². The molecule has 0 radical (unpaired) electrons. The van der Waals surface area contributed by atoms with Gasteiger partial charge in [-0.1, -0.05) is 24.3 Å². The number of rotatable bonds is 8. The molecular formula is C25H30N6O2. The van der Waals surface area contributed by atoms with Crippen molar-refractivity contribution in [1.82, 2.24) is 19.5 Å². The summed E-state index contributed by atoms with van der Waals surface area (Å²) in [5.74, 6) is 1.72. The highest BCUT2D eigenvalue weighted by Crippen LogP contribution is 2.25. The van der Waals surface area contributed by atoms with Crippen molar-refractivity contribution in [2.75, 3.05) is 36.5 Å². The van der Waals surface area contributed by atoms with Crippen molar-refractivity contribution in [3.8, 4) is 0 Å². The quantitative estimate of drug-likeness (QED) is 0.423. The van der Waals surface area contributed by atoms with Gasteiger partial charge in [0.2, 0.25) is 11.9 Å². The Morgan fingerprint density at radius 2 is 1.70 bits per heavy atom. The van der Waals surface area contributed by atoms with Gasteiger partial charge in [-0.25, -0.2) is 9.97 Å². The van der Waals surface area contributed by atoms with E-state index in [0.29, 0.717) is 6.67 Å². The van der Waals surface area contributed by atoms with Crippen LogP contribution in [0.15, 0.2) is 48.5 Å². The minimum atomic E-state index is 0.205. The lowest BCUT2D eigenvalue weighted by Gasteiger charge is -2.26. The molecule has 4 aromatic rings. The highest BCUT2D eigenvalue weighted by molar-refractivity contribution is 5.79. The monoisotopic (exact) mass is 446 g/mol. The lowest BCUT2D eigenvalue weighted by atomic mass is 10.2. The first-order valence-corrected chi connectivity index (χ1v) is 12.0. The number of H-pyrrole nitrogens is 1. The van der Waals surface area contributed by atoms with Crippen molar-refractivity contribution in [3.63, 3.8) is 0 Å². The van der Waals surface area contributed by atoms with Crippen LogP contribution in [0, 0.1) is 0 Å². The smallest absolute Gasteiger partial charge is 0.205 e. The number of nitrogens with one attached hydrogen (secondary N) is 2. The maximum absolute atomic E-state index is 5.99. The van der Waals surface area contributed by atoms with E-state index in [0.717, 1.165) is 86.0 Å². The van der Waals surface area contributed by atoms with E-state index in [2.05, 4.69) is 44.0 Å². The second kappa shape index (κ2) is 9.03. The van der Waals surface area contributed by atoms with Crippen LogP contribution in [0.4, 0.5) is 11.9 Å². The van der Waals surface area contributed by atoms with Crippen LogP contribution in [-0.4, -0.2) is 58.0 Å². The molecule has 2 atom stereocenters. The van der Waals surface area contributed by atoms with Gasteiger partial charge in [-0.05, 0) is 49.9 Å². The fourth-order valence-electron chi connectivity index (χ4n) is 4.87. The van der Waals surface area contributed by atoms with E-state index in [4.69, 9.17) is 19.4 Å². The molecule has 2 aromatic heterocycles.